The van der Waals surface area contributed by atoms with Gasteiger partial charge in [0.15, 0.2) is 0 Å². The normalized spacial score (nSPS) is 15.9. The van der Waals surface area contributed by atoms with E-state index in [1.165, 1.54) is 19.3 Å². The van der Waals surface area contributed by atoms with Crippen LogP contribution in [0.3, 0.4) is 0 Å². The lowest BCUT2D eigenvalue weighted by molar-refractivity contribution is 0.364. The van der Waals surface area contributed by atoms with Gasteiger partial charge < -0.3 is 0 Å². The Hall–Kier alpha value is 0.270. The molecule has 14 heavy (non-hydrogen) atoms. The molecule has 0 aliphatic heterocycles. The Bertz CT molecular complexity index is 126. The minimum absolute atomic E-state index is 0.476. The third kappa shape index (κ3) is 5.23. The largest absolute Gasteiger partial charge is 0.271 e. The molecule has 0 radical (unpaired) electrons. The fourth-order valence-corrected chi connectivity index (χ4v) is 2.70. The smallest absolute Gasteiger partial charge is 0.0329 e. The van der Waals surface area contributed by atoms with Crippen molar-refractivity contribution in [3.05, 3.63) is 0 Å². The summed E-state index contributed by atoms with van der Waals surface area (Å²) in [6.45, 7) is 9.00. The van der Waals surface area contributed by atoms with Crippen LogP contribution >= 0.6 is 11.8 Å². The molecule has 0 amide bonds. The van der Waals surface area contributed by atoms with Gasteiger partial charge in [-0.1, -0.05) is 40.5 Å². The molecule has 0 aliphatic rings. The molecule has 0 aliphatic carbocycles. The van der Waals surface area contributed by atoms with Crippen LogP contribution in [-0.4, -0.2) is 17.0 Å². The summed E-state index contributed by atoms with van der Waals surface area (Å²) in [4.78, 5) is 0. The maximum Gasteiger partial charge on any atom is 0.0329 e. The van der Waals surface area contributed by atoms with Crippen LogP contribution in [0.15, 0.2) is 0 Å². The van der Waals surface area contributed by atoms with Gasteiger partial charge in [-0.15, -0.1) is 0 Å². The van der Waals surface area contributed by atoms with Crippen LogP contribution in [0.5, 0.6) is 0 Å². The molecule has 0 heterocycles. The average molecular weight is 218 g/mol. The van der Waals surface area contributed by atoms with Crippen molar-refractivity contribution in [3.63, 3.8) is 0 Å². The molecule has 0 aromatic rings. The highest BCUT2D eigenvalue weighted by Crippen LogP contribution is 2.20. The Morgan fingerprint density at radius 2 is 1.71 bits per heavy atom. The highest BCUT2D eigenvalue weighted by Gasteiger charge is 2.17. The van der Waals surface area contributed by atoms with Crippen LogP contribution in [0.1, 0.15) is 47.0 Å². The number of hydrazine groups is 1. The summed E-state index contributed by atoms with van der Waals surface area (Å²) in [6.07, 6.45) is 3.67. The van der Waals surface area contributed by atoms with Gasteiger partial charge in [-0.3, -0.25) is 11.3 Å². The lowest BCUT2D eigenvalue weighted by Gasteiger charge is -2.25. The summed E-state index contributed by atoms with van der Waals surface area (Å²) in [6, 6.07) is 0.476. The Labute approximate surface area is 93.4 Å². The average Bonchev–Trinajstić information content (AvgIpc) is 2.23. The first-order chi connectivity index (χ1) is 6.69. The Morgan fingerprint density at radius 1 is 1.14 bits per heavy atom. The van der Waals surface area contributed by atoms with E-state index < -0.39 is 0 Å². The molecule has 0 rings (SSSR count). The van der Waals surface area contributed by atoms with Crippen LogP contribution in [0.4, 0.5) is 0 Å². The summed E-state index contributed by atoms with van der Waals surface area (Å²) < 4.78 is 0. The van der Waals surface area contributed by atoms with Crippen LogP contribution in [-0.2, 0) is 0 Å². The van der Waals surface area contributed by atoms with Crippen LogP contribution in [0.2, 0.25) is 0 Å². The molecule has 0 saturated carbocycles. The maximum absolute atomic E-state index is 5.59. The lowest BCUT2D eigenvalue weighted by atomic mass is 9.96. The molecule has 3 heteroatoms. The van der Waals surface area contributed by atoms with Crippen LogP contribution < -0.4 is 11.3 Å². The molecule has 2 unspecified atom stereocenters. The molecular formula is C11H26N2S. The van der Waals surface area contributed by atoms with Gasteiger partial charge >= 0.3 is 0 Å². The van der Waals surface area contributed by atoms with Gasteiger partial charge in [0.05, 0.1) is 0 Å². The summed E-state index contributed by atoms with van der Waals surface area (Å²) in [5.41, 5.74) is 2.96. The Morgan fingerprint density at radius 3 is 2.07 bits per heavy atom. The van der Waals surface area contributed by atoms with E-state index in [9.17, 15) is 0 Å². The highest BCUT2D eigenvalue weighted by molar-refractivity contribution is 7.99. The molecule has 86 valence electrons. The quantitative estimate of drug-likeness (QED) is 0.486. The summed E-state index contributed by atoms with van der Waals surface area (Å²) in [7, 11) is 0. The van der Waals surface area contributed by atoms with Gasteiger partial charge in [0.2, 0.25) is 0 Å². The van der Waals surface area contributed by atoms with Crippen LogP contribution in [0, 0.1) is 5.92 Å². The first kappa shape index (κ1) is 14.3. The standard InChI is InChI=1S/C11H26N2S/c1-5-9(4)14-8-11(13-12)10(6-2)7-3/h9-11,13H,5-8,12H2,1-4H3. The fourth-order valence-electron chi connectivity index (χ4n) is 1.56. The van der Waals surface area contributed by atoms with Crippen molar-refractivity contribution >= 4 is 11.8 Å². The van der Waals surface area contributed by atoms with E-state index >= 15 is 0 Å². The van der Waals surface area contributed by atoms with Crippen molar-refractivity contribution in [2.45, 2.75) is 58.2 Å². The molecule has 0 fully saturated rings. The number of hydrogen-bond acceptors (Lipinski definition) is 3. The molecule has 2 nitrogen and oxygen atoms in total. The zero-order valence-corrected chi connectivity index (χ0v) is 10.9. The second kappa shape index (κ2) is 8.57. The first-order valence-corrected chi connectivity index (χ1v) is 6.82. The number of hydrogen-bond donors (Lipinski definition) is 2. The summed E-state index contributed by atoms with van der Waals surface area (Å²) in [5, 5.41) is 0.750. The molecule has 0 saturated heterocycles. The monoisotopic (exact) mass is 218 g/mol. The minimum atomic E-state index is 0.476. The van der Waals surface area contributed by atoms with E-state index in [0.29, 0.717) is 6.04 Å². The number of nitrogens with two attached hydrogens (primary N) is 1. The van der Waals surface area contributed by atoms with E-state index in [1.807, 2.05) is 11.8 Å². The number of rotatable bonds is 8. The SMILES string of the molecule is CCC(C)SCC(NN)C(CC)CC. The molecule has 0 aromatic heterocycles. The van der Waals surface area contributed by atoms with E-state index in [4.69, 9.17) is 5.84 Å². The van der Waals surface area contributed by atoms with Crippen molar-refractivity contribution in [1.82, 2.24) is 5.43 Å². The summed E-state index contributed by atoms with van der Waals surface area (Å²) in [5.74, 6) is 7.44. The molecule has 0 bridgehead atoms. The van der Waals surface area contributed by atoms with Crippen LogP contribution in [0.25, 0.3) is 0 Å². The zero-order valence-electron chi connectivity index (χ0n) is 10.0. The fraction of sp³-hybridized carbons (Fsp3) is 1.00. The topological polar surface area (TPSA) is 38.0 Å². The Balaban J connectivity index is 3.88. The lowest BCUT2D eigenvalue weighted by Crippen LogP contribution is -2.42. The second-order valence-corrected chi connectivity index (χ2v) is 5.37. The predicted molar refractivity (Wildman–Crippen MR) is 67.4 cm³/mol. The highest BCUT2D eigenvalue weighted by atomic mass is 32.2. The van der Waals surface area contributed by atoms with Gasteiger partial charge in [-0.25, -0.2) is 0 Å². The molecule has 0 spiro atoms. The van der Waals surface area contributed by atoms with Gasteiger partial charge in [-0.2, -0.15) is 11.8 Å². The van der Waals surface area contributed by atoms with Crippen molar-refractivity contribution in [3.8, 4) is 0 Å². The molecule has 0 aromatic carbocycles. The number of nitrogens with one attached hydrogen (secondary N) is 1. The third-order valence-electron chi connectivity index (χ3n) is 2.97. The van der Waals surface area contributed by atoms with Gasteiger partial charge in [0.25, 0.3) is 0 Å². The van der Waals surface area contributed by atoms with E-state index in [2.05, 4.69) is 33.1 Å². The van der Waals surface area contributed by atoms with Gasteiger partial charge in [-0.05, 0) is 12.3 Å². The molecular weight excluding hydrogens is 192 g/mol. The molecule has 2 atom stereocenters. The summed E-state index contributed by atoms with van der Waals surface area (Å²) >= 11 is 2.03. The van der Waals surface area contributed by atoms with E-state index in [1.54, 1.807) is 0 Å². The van der Waals surface area contributed by atoms with Gasteiger partial charge in [0.1, 0.15) is 0 Å². The predicted octanol–water partition coefficient (Wildman–Crippen LogP) is 2.79. The van der Waals surface area contributed by atoms with Crippen molar-refractivity contribution < 1.29 is 0 Å². The minimum Gasteiger partial charge on any atom is -0.271 e. The number of thioether (sulfide) groups is 1. The molecule has 3 N–H and O–H groups in total. The van der Waals surface area contributed by atoms with Crippen molar-refractivity contribution in [2.75, 3.05) is 5.75 Å². The maximum atomic E-state index is 5.59. The second-order valence-electron chi connectivity index (χ2n) is 3.90. The Kier molecular flexibility index (Phi) is 8.73. The first-order valence-electron chi connectivity index (χ1n) is 5.77. The van der Waals surface area contributed by atoms with Gasteiger partial charge in [0, 0.05) is 17.0 Å². The van der Waals surface area contributed by atoms with E-state index in [0.717, 1.165) is 16.9 Å². The zero-order chi connectivity index (χ0) is 11.0. The van der Waals surface area contributed by atoms with Crippen molar-refractivity contribution in [1.29, 1.82) is 0 Å². The third-order valence-corrected chi connectivity index (χ3v) is 4.42. The van der Waals surface area contributed by atoms with E-state index in [-0.39, 0.29) is 0 Å². The van der Waals surface area contributed by atoms with Crippen molar-refractivity contribution in [2.24, 2.45) is 11.8 Å².